The van der Waals surface area contributed by atoms with Gasteiger partial charge >= 0.3 is 11.9 Å². The molecule has 0 radical (unpaired) electrons. The zero-order valence-electron chi connectivity index (χ0n) is 5.70. The third kappa shape index (κ3) is 5.76. The summed E-state index contributed by atoms with van der Waals surface area (Å²) >= 11 is 9.37. The van der Waals surface area contributed by atoms with Gasteiger partial charge in [-0.05, 0) is 0 Å². The normalized spacial score (nSPS) is 10.5. The Bertz CT molecular complexity index is 198. The Labute approximate surface area is 78.7 Å². The molecule has 0 unspecified atom stereocenters. The maximum Gasteiger partial charge on any atom is 0.349 e. The van der Waals surface area contributed by atoms with Crippen molar-refractivity contribution in [1.82, 2.24) is 0 Å². The molecule has 0 fully saturated rings. The number of halogens is 2. The maximum absolute atomic E-state index is 10.3. The fourth-order valence-corrected chi connectivity index (χ4v) is 0.423. The second kappa shape index (κ2) is 6.69. The molecule has 12 heavy (non-hydrogen) atoms. The van der Waals surface area contributed by atoms with Crippen LogP contribution in [0.5, 0.6) is 0 Å². The lowest BCUT2D eigenvalue weighted by Gasteiger charge is -1.83. The molecule has 0 rings (SSSR count). The molecule has 0 aliphatic heterocycles. The number of carbonyl (C=O) groups is 2. The summed E-state index contributed by atoms with van der Waals surface area (Å²) in [7, 11) is 0. The predicted octanol–water partition coefficient (Wildman–Crippen LogP) is 1.49. The van der Waals surface area contributed by atoms with Crippen molar-refractivity contribution in [2.24, 2.45) is 0 Å². The average Bonchev–Trinajstić information content (AvgIpc) is 2.11. The van der Waals surface area contributed by atoms with Crippen LogP contribution in [0.3, 0.4) is 0 Å². The Balaban J connectivity index is 3.81. The maximum atomic E-state index is 10.3. The Hall–Kier alpha value is -1.00. The molecule has 0 aliphatic carbocycles. The predicted molar refractivity (Wildman–Crippen MR) is 42.2 cm³/mol. The molecule has 4 nitrogen and oxygen atoms in total. The van der Waals surface area contributed by atoms with Crippen molar-refractivity contribution in [3.8, 4) is 0 Å². The molecule has 0 amide bonds. The van der Waals surface area contributed by atoms with Crippen molar-refractivity contribution in [2.45, 2.75) is 0 Å². The Morgan fingerprint density at radius 3 is 1.50 bits per heavy atom. The van der Waals surface area contributed by atoms with Crippen molar-refractivity contribution in [1.29, 1.82) is 0 Å². The Morgan fingerprint density at radius 2 is 1.25 bits per heavy atom. The van der Waals surface area contributed by atoms with Crippen LogP contribution in [0.2, 0.25) is 0 Å². The van der Waals surface area contributed by atoms with Crippen LogP contribution in [-0.4, -0.2) is 11.9 Å². The number of hydrogen-bond donors (Lipinski definition) is 0. The fourth-order valence-electron chi connectivity index (χ4n) is 0.320. The standard InChI is InChI=1S/C6H4Cl2O4/c7-11-5(9)3-1-2-4-6(10)12-8/h1-4H. The van der Waals surface area contributed by atoms with Crippen molar-refractivity contribution in [2.75, 3.05) is 0 Å². The summed E-state index contributed by atoms with van der Waals surface area (Å²) in [6.07, 6.45) is 4.53. The quantitative estimate of drug-likeness (QED) is 0.524. The van der Waals surface area contributed by atoms with E-state index in [0.717, 1.165) is 12.2 Å². The van der Waals surface area contributed by atoms with Gasteiger partial charge in [0.25, 0.3) is 0 Å². The second-order valence-electron chi connectivity index (χ2n) is 1.51. The summed E-state index contributed by atoms with van der Waals surface area (Å²) in [6.45, 7) is 0. The molecule has 0 saturated heterocycles. The van der Waals surface area contributed by atoms with Gasteiger partial charge in [-0.2, -0.15) is 0 Å². The third-order valence-electron chi connectivity index (χ3n) is 0.728. The number of carbonyl (C=O) groups excluding carboxylic acids is 2. The van der Waals surface area contributed by atoms with Gasteiger partial charge < -0.3 is 8.58 Å². The molecule has 0 aliphatic rings. The molecule has 0 spiro atoms. The fraction of sp³-hybridized carbons (Fsp3) is 0. The third-order valence-corrected chi connectivity index (χ3v) is 1.03. The van der Waals surface area contributed by atoms with Gasteiger partial charge in [-0.1, -0.05) is 12.2 Å². The van der Waals surface area contributed by atoms with Gasteiger partial charge in [0.05, 0.1) is 0 Å². The lowest BCUT2D eigenvalue weighted by Crippen LogP contribution is -1.89. The van der Waals surface area contributed by atoms with Crippen molar-refractivity contribution < 1.29 is 18.2 Å². The molecule has 0 aromatic rings. The molecular formula is C6H4Cl2O4. The Kier molecular flexibility index (Phi) is 6.14. The number of allylic oxidation sites excluding steroid dienone is 2. The highest BCUT2D eigenvalue weighted by Gasteiger charge is 1.91. The van der Waals surface area contributed by atoms with Crippen molar-refractivity contribution in [3.05, 3.63) is 24.3 Å². The second-order valence-corrected chi connectivity index (χ2v) is 1.82. The Morgan fingerprint density at radius 1 is 0.917 bits per heavy atom. The van der Waals surface area contributed by atoms with E-state index in [1.165, 1.54) is 12.2 Å². The van der Waals surface area contributed by atoms with E-state index >= 15 is 0 Å². The minimum atomic E-state index is -0.736. The van der Waals surface area contributed by atoms with Crippen LogP contribution in [0, 0.1) is 0 Å². The first-order valence-corrected chi connectivity index (χ1v) is 3.32. The van der Waals surface area contributed by atoms with Crippen LogP contribution in [0.15, 0.2) is 24.3 Å². The van der Waals surface area contributed by atoms with E-state index in [1.54, 1.807) is 0 Å². The van der Waals surface area contributed by atoms with Gasteiger partial charge in [0, 0.05) is 12.2 Å². The van der Waals surface area contributed by atoms with Crippen LogP contribution >= 0.6 is 23.7 Å². The van der Waals surface area contributed by atoms with Gasteiger partial charge in [-0.25, -0.2) is 9.59 Å². The van der Waals surface area contributed by atoms with E-state index in [2.05, 4.69) is 32.3 Å². The van der Waals surface area contributed by atoms with E-state index in [1.807, 2.05) is 0 Å². The largest absolute Gasteiger partial charge is 0.349 e. The van der Waals surface area contributed by atoms with Crippen LogP contribution < -0.4 is 0 Å². The zero-order chi connectivity index (χ0) is 9.40. The van der Waals surface area contributed by atoms with Gasteiger partial charge in [0.1, 0.15) is 23.7 Å². The molecule has 0 heterocycles. The smallest absolute Gasteiger partial charge is 0.344 e. The molecule has 66 valence electrons. The van der Waals surface area contributed by atoms with Crippen molar-refractivity contribution in [3.63, 3.8) is 0 Å². The highest BCUT2D eigenvalue weighted by atomic mass is 35.5. The first-order chi connectivity index (χ1) is 5.70. The molecule has 0 aromatic heterocycles. The van der Waals surface area contributed by atoms with Gasteiger partial charge in [0.15, 0.2) is 0 Å². The minimum Gasteiger partial charge on any atom is -0.344 e. The molecular weight excluding hydrogens is 207 g/mol. The lowest BCUT2D eigenvalue weighted by atomic mass is 10.4. The van der Waals surface area contributed by atoms with Gasteiger partial charge in [0.2, 0.25) is 0 Å². The highest BCUT2D eigenvalue weighted by molar-refractivity contribution is 6.15. The molecule has 0 bridgehead atoms. The van der Waals surface area contributed by atoms with Crippen LogP contribution in [-0.2, 0) is 18.2 Å². The zero-order valence-corrected chi connectivity index (χ0v) is 7.21. The summed E-state index contributed by atoms with van der Waals surface area (Å²) in [5.41, 5.74) is 0. The van der Waals surface area contributed by atoms with E-state index in [0.29, 0.717) is 0 Å². The van der Waals surface area contributed by atoms with Crippen LogP contribution in [0.4, 0.5) is 0 Å². The summed E-state index contributed by atoms with van der Waals surface area (Å²) in [5.74, 6) is -1.47. The van der Waals surface area contributed by atoms with Gasteiger partial charge in [-0.15, -0.1) is 0 Å². The molecule has 0 atom stereocenters. The van der Waals surface area contributed by atoms with Crippen molar-refractivity contribution >= 4 is 35.7 Å². The van der Waals surface area contributed by atoms with Crippen LogP contribution in [0.1, 0.15) is 0 Å². The molecule has 0 N–H and O–H groups in total. The lowest BCUT2D eigenvalue weighted by molar-refractivity contribution is -0.129. The molecule has 0 saturated carbocycles. The number of hydrogen-bond acceptors (Lipinski definition) is 4. The van der Waals surface area contributed by atoms with E-state index in [4.69, 9.17) is 0 Å². The summed E-state index contributed by atoms with van der Waals surface area (Å²) in [4.78, 5) is 20.6. The monoisotopic (exact) mass is 210 g/mol. The summed E-state index contributed by atoms with van der Waals surface area (Å²) < 4.78 is 7.51. The van der Waals surface area contributed by atoms with Crippen LogP contribution in [0.25, 0.3) is 0 Å². The highest BCUT2D eigenvalue weighted by Crippen LogP contribution is 1.88. The first kappa shape index (κ1) is 11.0. The van der Waals surface area contributed by atoms with E-state index < -0.39 is 11.9 Å². The number of rotatable bonds is 3. The first-order valence-electron chi connectivity index (χ1n) is 2.70. The SMILES string of the molecule is O=C(C=CC=CC(=O)OCl)OCl. The molecule has 6 heteroatoms. The van der Waals surface area contributed by atoms with E-state index in [9.17, 15) is 9.59 Å². The topological polar surface area (TPSA) is 52.6 Å². The van der Waals surface area contributed by atoms with Gasteiger partial charge in [-0.3, -0.25) is 0 Å². The minimum absolute atomic E-state index is 0.736. The average molecular weight is 211 g/mol. The molecule has 0 aromatic carbocycles. The summed E-state index contributed by atoms with van der Waals surface area (Å²) in [5, 5.41) is 0. The summed E-state index contributed by atoms with van der Waals surface area (Å²) in [6, 6.07) is 0. The van der Waals surface area contributed by atoms with E-state index in [-0.39, 0.29) is 0 Å².